The molecule has 1 aliphatic heterocycles. The normalized spacial score (nSPS) is 15.5. The molecular weight excluding hydrogens is 493 g/mol. The van der Waals surface area contributed by atoms with E-state index < -0.39 is 0 Å². The van der Waals surface area contributed by atoms with Gasteiger partial charge in [0.05, 0.1) is 18.8 Å². The summed E-state index contributed by atoms with van der Waals surface area (Å²) in [7, 11) is 1.74. The molecule has 7 nitrogen and oxygen atoms in total. The lowest BCUT2D eigenvalue weighted by Crippen LogP contribution is -2.42. The summed E-state index contributed by atoms with van der Waals surface area (Å²) in [6, 6.07) is 10.5. The Morgan fingerprint density at radius 1 is 1.23 bits per heavy atom. The third kappa shape index (κ3) is 6.60. The minimum atomic E-state index is 0. The van der Waals surface area contributed by atoms with Crippen LogP contribution in [-0.2, 0) is 13.0 Å². The number of guanidine groups is 1. The fourth-order valence-electron chi connectivity index (χ4n) is 3.72. The predicted octanol–water partition coefficient (Wildman–Crippen LogP) is 3.76. The number of hydrogen-bond acceptors (Lipinski definition) is 5. The second kappa shape index (κ2) is 12.8. The van der Waals surface area contributed by atoms with Gasteiger partial charge in [-0.1, -0.05) is 30.3 Å². The molecule has 1 aromatic heterocycles. The van der Waals surface area contributed by atoms with Crippen molar-refractivity contribution in [1.82, 2.24) is 20.7 Å². The number of methoxy groups -OCH3 is 1. The maximum Gasteiger partial charge on any atom is 0.191 e. The minimum absolute atomic E-state index is 0. The molecule has 1 aromatic carbocycles. The summed E-state index contributed by atoms with van der Waals surface area (Å²) in [5.74, 6) is 2.49. The van der Waals surface area contributed by atoms with Gasteiger partial charge in [-0.2, -0.15) is 0 Å². The van der Waals surface area contributed by atoms with Gasteiger partial charge in [-0.3, -0.25) is 4.90 Å². The molecule has 1 aliphatic rings. The van der Waals surface area contributed by atoms with Crippen molar-refractivity contribution in [1.29, 1.82) is 0 Å². The highest BCUT2D eigenvalue weighted by Crippen LogP contribution is 2.31. The van der Waals surface area contributed by atoms with Crippen LogP contribution >= 0.6 is 24.0 Å². The third-order valence-corrected chi connectivity index (χ3v) is 5.25. The fraction of sp³-hybridized carbons (Fsp3) is 0.545. The Kier molecular flexibility index (Phi) is 10.4. The largest absolute Gasteiger partial charge is 0.496 e. The Bertz CT molecular complexity index is 789. The molecule has 2 heterocycles. The van der Waals surface area contributed by atoms with E-state index >= 15 is 0 Å². The molecule has 1 saturated heterocycles. The van der Waals surface area contributed by atoms with Crippen molar-refractivity contribution in [2.24, 2.45) is 4.99 Å². The number of hydrogen-bond donors (Lipinski definition) is 2. The number of aliphatic imine (C=N–C) groups is 1. The molecule has 1 unspecified atom stereocenters. The van der Waals surface area contributed by atoms with E-state index in [1.807, 2.05) is 18.2 Å². The van der Waals surface area contributed by atoms with Gasteiger partial charge in [0.1, 0.15) is 12.3 Å². The second-order valence-electron chi connectivity index (χ2n) is 7.22. The topological polar surface area (TPSA) is 74.9 Å². The van der Waals surface area contributed by atoms with E-state index in [1.165, 1.54) is 18.4 Å². The van der Waals surface area contributed by atoms with Gasteiger partial charge < -0.3 is 19.9 Å². The Morgan fingerprint density at radius 2 is 2.00 bits per heavy atom. The molecule has 2 N–H and O–H groups in total. The summed E-state index contributed by atoms with van der Waals surface area (Å²) in [4.78, 5) is 7.20. The number of nitrogens with zero attached hydrogens (tertiary/aromatic N) is 3. The average molecular weight is 527 g/mol. The van der Waals surface area contributed by atoms with Crippen LogP contribution in [0.25, 0.3) is 0 Å². The summed E-state index contributed by atoms with van der Waals surface area (Å²) in [5, 5.41) is 10.9. The van der Waals surface area contributed by atoms with Gasteiger partial charge in [0.15, 0.2) is 11.7 Å². The van der Waals surface area contributed by atoms with Crippen molar-refractivity contribution in [3.63, 3.8) is 0 Å². The average Bonchev–Trinajstić information content (AvgIpc) is 3.44. The van der Waals surface area contributed by atoms with E-state index in [-0.39, 0.29) is 30.0 Å². The predicted molar refractivity (Wildman–Crippen MR) is 131 cm³/mol. The molecule has 0 saturated carbocycles. The number of halogens is 1. The number of aromatic nitrogens is 1. The Labute approximate surface area is 196 Å². The van der Waals surface area contributed by atoms with Gasteiger partial charge in [0.25, 0.3) is 0 Å². The zero-order chi connectivity index (χ0) is 20.5. The van der Waals surface area contributed by atoms with Crippen LogP contribution in [0.4, 0.5) is 0 Å². The van der Waals surface area contributed by atoms with Crippen LogP contribution in [0.3, 0.4) is 0 Å². The molecule has 8 heteroatoms. The summed E-state index contributed by atoms with van der Waals surface area (Å²) >= 11 is 0. The highest BCUT2D eigenvalue weighted by molar-refractivity contribution is 14.0. The second-order valence-corrected chi connectivity index (χ2v) is 7.22. The van der Waals surface area contributed by atoms with Crippen molar-refractivity contribution >= 4 is 29.9 Å². The van der Waals surface area contributed by atoms with E-state index in [2.05, 4.69) is 51.7 Å². The van der Waals surface area contributed by atoms with Gasteiger partial charge in [-0.05, 0) is 45.3 Å². The van der Waals surface area contributed by atoms with Crippen molar-refractivity contribution < 1.29 is 9.26 Å². The van der Waals surface area contributed by atoms with Crippen molar-refractivity contribution in [3.8, 4) is 5.75 Å². The Hall–Kier alpha value is -1.81. The summed E-state index contributed by atoms with van der Waals surface area (Å²) in [6.45, 7) is 8.36. The monoisotopic (exact) mass is 527 g/mol. The first kappa shape index (κ1) is 24.5. The summed E-state index contributed by atoms with van der Waals surface area (Å²) < 4.78 is 11.0. The Balaban J connectivity index is 0.00000320. The highest BCUT2D eigenvalue weighted by atomic mass is 127. The zero-order valence-electron chi connectivity index (χ0n) is 18.2. The number of ether oxygens (including phenoxy) is 1. The number of para-hydroxylation sites is 1. The fourth-order valence-corrected chi connectivity index (χ4v) is 3.72. The number of benzene rings is 1. The van der Waals surface area contributed by atoms with E-state index in [0.717, 1.165) is 55.8 Å². The first-order chi connectivity index (χ1) is 14.2. The Morgan fingerprint density at radius 3 is 2.67 bits per heavy atom. The molecule has 1 atom stereocenters. The first-order valence-electron chi connectivity index (χ1n) is 10.6. The molecule has 0 amide bonds. The lowest BCUT2D eigenvalue weighted by Gasteiger charge is -2.30. The number of likely N-dealkylation sites (tertiary alicyclic amines) is 1. The van der Waals surface area contributed by atoms with Gasteiger partial charge in [0.2, 0.25) is 0 Å². The van der Waals surface area contributed by atoms with E-state index in [4.69, 9.17) is 9.26 Å². The standard InChI is InChI=1S/C22H33N5O2.HI/c1-4-17-14-18(29-26-17)15-24-22(23-5-2)25-16-20(27-12-8-9-13-27)19-10-6-7-11-21(19)28-3;/h6-7,10-11,14,20H,4-5,8-9,12-13,15-16H2,1-3H3,(H2,23,24,25);1H. The number of rotatable bonds is 9. The summed E-state index contributed by atoms with van der Waals surface area (Å²) in [5.41, 5.74) is 2.17. The zero-order valence-corrected chi connectivity index (χ0v) is 20.5. The van der Waals surface area contributed by atoms with Gasteiger partial charge in [-0.15, -0.1) is 24.0 Å². The number of aryl methyl sites for hydroxylation is 1. The van der Waals surface area contributed by atoms with Crippen LogP contribution in [0.1, 0.15) is 49.7 Å². The molecule has 0 bridgehead atoms. The lowest BCUT2D eigenvalue weighted by molar-refractivity contribution is 0.239. The molecule has 2 aromatic rings. The summed E-state index contributed by atoms with van der Waals surface area (Å²) in [6.07, 6.45) is 3.35. The van der Waals surface area contributed by atoms with Crippen molar-refractivity contribution in [2.75, 3.05) is 33.3 Å². The maximum atomic E-state index is 5.64. The lowest BCUT2D eigenvalue weighted by atomic mass is 10.0. The third-order valence-electron chi connectivity index (χ3n) is 5.25. The molecule has 166 valence electrons. The van der Waals surface area contributed by atoms with E-state index in [9.17, 15) is 0 Å². The maximum absolute atomic E-state index is 5.64. The van der Waals surface area contributed by atoms with Gasteiger partial charge in [-0.25, -0.2) is 4.99 Å². The highest BCUT2D eigenvalue weighted by Gasteiger charge is 2.26. The molecular formula is C22H34IN5O2. The molecule has 30 heavy (non-hydrogen) atoms. The van der Waals surface area contributed by atoms with Gasteiger partial charge >= 0.3 is 0 Å². The first-order valence-corrected chi connectivity index (χ1v) is 10.6. The quantitative estimate of drug-likeness (QED) is 0.294. The van der Waals surface area contributed by atoms with Crippen LogP contribution in [-0.4, -0.2) is 49.3 Å². The molecule has 3 rings (SSSR count). The smallest absolute Gasteiger partial charge is 0.191 e. The molecule has 0 radical (unpaired) electrons. The van der Waals surface area contributed by atoms with Crippen molar-refractivity contribution in [3.05, 3.63) is 47.3 Å². The van der Waals surface area contributed by atoms with Crippen LogP contribution in [0.15, 0.2) is 39.8 Å². The molecule has 0 aliphatic carbocycles. The van der Waals surface area contributed by atoms with E-state index in [1.54, 1.807) is 7.11 Å². The molecule has 0 spiro atoms. The van der Waals surface area contributed by atoms with Crippen LogP contribution in [0.2, 0.25) is 0 Å². The van der Waals surface area contributed by atoms with Crippen LogP contribution < -0.4 is 15.4 Å². The number of nitrogens with one attached hydrogen (secondary N) is 2. The van der Waals surface area contributed by atoms with Crippen LogP contribution in [0.5, 0.6) is 5.75 Å². The van der Waals surface area contributed by atoms with Crippen molar-refractivity contribution in [2.45, 2.75) is 45.7 Å². The van der Waals surface area contributed by atoms with E-state index in [0.29, 0.717) is 6.54 Å². The minimum Gasteiger partial charge on any atom is -0.496 e. The van der Waals surface area contributed by atoms with Crippen LogP contribution in [0, 0.1) is 0 Å². The SMILES string of the molecule is CCNC(=NCc1cc(CC)no1)NCC(c1ccccc1OC)N1CCCC1.I. The molecule has 1 fully saturated rings. The van der Waals surface area contributed by atoms with Gasteiger partial charge in [0, 0.05) is 24.7 Å².